The van der Waals surface area contributed by atoms with Crippen LogP contribution in [0.15, 0.2) is 33.5 Å². The van der Waals surface area contributed by atoms with E-state index in [2.05, 4.69) is 4.98 Å². The van der Waals surface area contributed by atoms with Crippen LogP contribution in [0.4, 0.5) is 0 Å². The summed E-state index contributed by atoms with van der Waals surface area (Å²) in [6.45, 7) is 3.77. The van der Waals surface area contributed by atoms with Crippen LogP contribution < -0.4 is 5.43 Å². The van der Waals surface area contributed by atoms with Crippen LogP contribution in [0, 0.1) is 6.92 Å². The molecule has 2 heterocycles. The van der Waals surface area contributed by atoms with Gasteiger partial charge in [0.05, 0.1) is 22.0 Å². The second-order valence-electron chi connectivity index (χ2n) is 7.25. The third kappa shape index (κ3) is 3.34. The molecule has 0 bridgehead atoms. The number of fused-ring (bicyclic) bond motifs is 2. The highest BCUT2D eigenvalue weighted by atomic mass is 16.5. The summed E-state index contributed by atoms with van der Waals surface area (Å²) in [7, 11) is 0. The molecule has 2 aromatic heterocycles. The minimum atomic E-state index is -0.407. The molecule has 0 aliphatic heterocycles. The van der Waals surface area contributed by atoms with Gasteiger partial charge in [0.1, 0.15) is 11.7 Å². The van der Waals surface area contributed by atoms with Gasteiger partial charge in [-0.25, -0.2) is 9.78 Å². The maximum atomic E-state index is 13.0. The standard InChI is InChI=1S/C22H23NO4/c1-3-14-9-10-19-17(11-14)20(24)18-12-16(13(2)23-21(18)27-19)22(25)26-15-7-5-4-6-8-15/h9-12,15H,3-8H2,1-2H3. The van der Waals surface area contributed by atoms with Gasteiger partial charge in [0.2, 0.25) is 11.1 Å². The summed E-state index contributed by atoms with van der Waals surface area (Å²) in [6.07, 6.45) is 5.96. The summed E-state index contributed by atoms with van der Waals surface area (Å²) in [5.41, 5.74) is 2.51. The van der Waals surface area contributed by atoms with Crippen molar-refractivity contribution < 1.29 is 13.9 Å². The molecule has 3 aromatic rings. The Balaban J connectivity index is 1.79. The zero-order valence-corrected chi connectivity index (χ0v) is 15.7. The van der Waals surface area contributed by atoms with E-state index >= 15 is 0 Å². The fraction of sp³-hybridized carbons (Fsp3) is 0.409. The first-order valence-corrected chi connectivity index (χ1v) is 9.65. The fourth-order valence-corrected chi connectivity index (χ4v) is 3.74. The highest BCUT2D eigenvalue weighted by Crippen LogP contribution is 2.24. The maximum Gasteiger partial charge on any atom is 0.340 e. The molecular formula is C22H23NO4. The van der Waals surface area contributed by atoms with Crippen molar-refractivity contribution in [1.82, 2.24) is 4.98 Å². The number of rotatable bonds is 3. The predicted molar refractivity (Wildman–Crippen MR) is 104 cm³/mol. The summed E-state index contributed by atoms with van der Waals surface area (Å²) in [5, 5.41) is 0.830. The Morgan fingerprint density at radius 1 is 1.19 bits per heavy atom. The molecule has 5 nitrogen and oxygen atoms in total. The molecule has 0 spiro atoms. The smallest absolute Gasteiger partial charge is 0.340 e. The van der Waals surface area contributed by atoms with Crippen molar-refractivity contribution in [3.8, 4) is 0 Å². The average Bonchev–Trinajstić information content (AvgIpc) is 2.68. The SMILES string of the molecule is CCc1ccc2oc3nc(C)c(C(=O)OC4CCCCC4)cc3c(=O)c2c1. The molecule has 0 amide bonds. The van der Waals surface area contributed by atoms with Gasteiger partial charge < -0.3 is 9.15 Å². The third-order valence-corrected chi connectivity index (χ3v) is 5.37. The van der Waals surface area contributed by atoms with E-state index in [1.165, 1.54) is 6.42 Å². The van der Waals surface area contributed by atoms with Crippen LogP contribution in [0.3, 0.4) is 0 Å². The number of hydrogen-bond acceptors (Lipinski definition) is 5. The van der Waals surface area contributed by atoms with Crippen LogP contribution in [0.1, 0.15) is 60.6 Å². The maximum absolute atomic E-state index is 13.0. The van der Waals surface area contributed by atoms with Crippen molar-refractivity contribution in [1.29, 1.82) is 0 Å². The lowest BCUT2D eigenvalue weighted by atomic mass is 9.98. The van der Waals surface area contributed by atoms with Crippen LogP contribution in [-0.4, -0.2) is 17.1 Å². The topological polar surface area (TPSA) is 69.4 Å². The van der Waals surface area contributed by atoms with Gasteiger partial charge in [0.15, 0.2) is 0 Å². The van der Waals surface area contributed by atoms with E-state index in [9.17, 15) is 9.59 Å². The van der Waals surface area contributed by atoms with Gasteiger partial charge in [-0.15, -0.1) is 0 Å². The zero-order valence-electron chi connectivity index (χ0n) is 15.7. The van der Waals surface area contributed by atoms with Gasteiger partial charge in [-0.1, -0.05) is 19.4 Å². The van der Waals surface area contributed by atoms with Crippen molar-refractivity contribution >= 4 is 28.0 Å². The number of carbonyl (C=O) groups is 1. The van der Waals surface area contributed by atoms with Crippen LogP contribution in [0.5, 0.6) is 0 Å². The van der Waals surface area contributed by atoms with Crippen molar-refractivity contribution in [2.24, 2.45) is 0 Å². The van der Waals surface area contributed by atoms with Gasteiger partial charge in [-0.05, 0) is 62.8 Å². The minimum absolute atomic E-state index is 0.0403. The van der Waals surface area contributed by atoms with Crippen molar-refractivity contribution in [3.05, 3.63) is 51.3 Å². The quantitative estimate of drug-likeness (QED) is 0.497. The molecule has 0 unspecified atom stereocenters. The van der Waals surface area contributed by atoms with Gasteiger partial charge >= 0.3 is 5.97 Å². The molecule has 4 rings (SSSR count). The van der Waals surface area contributed by atoms with E-state index in [-0.39, 0.29) is 17.2 Å². The number of aryl methyl sites for hydroxylation is 2. The molecular weight excluding hydrogens is 342 g/mol. The molecule has 0 saturated heterocycles. The number of ether oxygens (including phenoxy) is 1. The molecule has 0 radical (unpaired) electrons. The lowest BCUT2D eigenvalue weighted by Gasteiger charge is -2.22. The van der Waals surface area contributed by atoms with Crippen molar-refractivity contribution in [2.45, 2.75) is 58.5 Å². The molecule has 1 aromatic carbocycles. The van der Waals surface area contributed by atoms with Gasteiger partial charge in [-0.3, -0.25) is 4.79 Å². The van der Waals surface area contributed by atoms with Gasteiger partial charge in [-0.2, -0.15) is 0 Å². The fourth-order valence-electron chi connectivity index (χ4n) is 3.74. The monoisotopic (exact) mass is 365 g/mol. The predicted octanol–water partition coefficient (Wildman–Crippen LogP) is 4.70. The number of benzene rings is 1. The molecule has 27 heavy (non-hydrogen) atoms. The Hall–Kier alpha value is -2.69. The summed E-state index contributed by atoms with van der Waals surface area (Å²) in [5.74, 6) is -0.407. The first kappa shape index (κ1) is 17.7. The second kappa shape index (κ2) is 7.14. The average molecular weight is 365 g/mol. The Morgan fingerprint density at radius 3 is 2.70 bits per heavy atom. The first-order valence-electron chi connectivity index (χ1n) is 9.65. The number of pyridine rings is 1. The van der Waals surface area contributed by atoms with E-state index in [0.717, 1.165) is 37.7 Å². The zero-order chi connectivity index (χ0) is 19.0. The Morgan fingerprint density at radius 2 is 1.96 bits per heavy atom. The van der Waals surface area contributed by atoms with E-state index in [1.54, 1.807) is 19.1 Å². The van der Waals surface area contributed by atoms with Gasteiger partial charge in [0.25, 0.3) is 0 Å². The summed E-state index contributed by atoms with van der Waals surface area (Å²) >= 11 is 0. The second-order valence-corrected chi connectivity index (χ2v) is 7.25. The van der Waals surface area contributed by atoms with Crippen LogP contribution >= 0.6 is 0 Å². The largest absolute Gasteiger partial charge is 0.459 e. The first-order chi connectivity index (χ1) is 13.1. The van der Waals surface area contributed by atoms with Crippen molar-refractivity contribution in [2.75, 3.05) is 0 Å². The van der Waals surface area contributed by atoms with E-state index < -0.39 is 5.97 Å². The van der Waals surface area contributed by atoms with E-state index in [4.69, 9.17) is 9.15 Å². The van der Waals surface area contributed by atoms with Crippen LogP contribution in [-0.2, 0) is 11.2 Å². The molecule has 0 atom stereocenters. The third-order valence-electron chi connectivity index (χ3n) is 5.37. The van der Waals surface area contributed by atoms with E-state index in [0.29, 0.717) is 27.6 Å². The minimum Gasteiger partial charge on any atom is -0.459 e. The van der Waals surface area contributed by atoms with Crippen molar-refractivity contribution in [3.63, 3.8) is 0 Å². The van der Waals surface area contributed by atoms with Gasteiger partial charge in [0, 0.05) is 0 Å². The number of carbonyl (C=O) groups excluding carboxylic acids is 1. The molecule has 0 N–H and O–H groups in total. The number of nitrogens with zero attached hydrogens (tertiary/aromatic N) is 1. The lowest BCUT2D eigenvalue weighted by molar-refractivity contribution is 0.0210. The summed E-state index contributed by atoms with van der Waals surface area (Å²) in [6, 6.07) is 7.17. The summed E-state index contributed by atoms with van der Waals surface area (Å²) < 4.78 is 11.5. The Labute approximate surface area is 157 Å². The number of aromatic nitrogens is 1. The molecule has 1 saturated carbocycles. The van der Waals surface area contributed by atoms with E-state index in [1.807, 2.05) is 19.1 Å². The van der Waals surface area contributed by atoms with Crippen LogP contribution in [0.2, 0.25) is 0 Å². The summed E-state index contributed by atoms with van der Waals surface area (Å²) in [4.78, 5) is 30.0. The molecule has 5 heteroatoms. The normalized spacial score (nSPS) is 15.3. The lowest BCUT2D eigenvalue weighted by Crippen LogP contribution is -2.22. The Bertz CT molecular complexity index is 1080. The van der Waals surface area contributed by atoms with Crippen LogP contribution in [0.25, 0.3) is 22.1 Å². The number of esters is 1. The molecule has 140 valence electrons. The number of hydrogen-bond donors (Lipinski definition) is 0. The molecule has 1 fully saturated rings. The Kier molecular flexibility index (Phi) is 4.68. The molecule has 1 aliphatic rings. The highest BCUT2D eigenvalue weighted by molar-refractivity contribution is 5.96. The highest BCUT2D eigenvalue weighted by Gasteiger charge is 2.22. The molecule has 1 aliphatic carbocycles.